The fourth-order valence-electron chi connectivity index (χ4n) is 3.11. The van der Waals surface area contributed by atoms with Crippen LogP contribution in [0.4, 0.5) is 5.69 Å². The molecule has 0 bridgehead atoms. The van der Waals surface area contributed by atoms with Gasteiger partial charge in [0.05, 0.1) is 16.8 Å². The standard InChI is InChI=1S/C19H20N4O/c1-19(9-10-20-13-19)18(24)21-15-7-8-17-22-16(12-23(17)11-15)14-5-3-2-4-6-14/h2-8,11-12,20H,9-10,13H2,1H3,(H,21,24). The highest BCUT2D eigenvalue weighted by Gasteiger charge is 2.36. The van der Waals surface area contributed by atoms with E-state index in [1.807, 2.05) is 66.2 Å². The van der Waals surface area contributed by atoms with Crippen molar-refractivity contribution < 1.29 is 4.79 Å². The maximum absolute atomic E-state index is 12.5. The summed E-state index contributed by atoms with van der Waals surface area (Å²) in [6.45, 7) is 3.63. The number of nitrogens with one attached hydrogen (secondary N) is 2. The molecule has 1 atom stereocenters. The number of aromatic nitrogens is 2. The van der Waals surface area contributed by atoms with Crippen LogP contribution in [0.25, 0.3) is 16.9 Å². The normalized spacial score (nSPS) is 20.4. The lowest BCUT2D eigenvalue weighted by Crippen LogP contribution is -2.35. The van der Waals surface area contributed by atoms with Crippen molar-refractivity contribution in [1.29, 1.82) is 0 Å². The molecule has 1 unspecified atom stereocenters. The Balaban J connectivity index is 1.60. The Labute approximate surface area is 140 Å². The van der Waals surface area contributed by atoms with Crippen LogP contribution in [-0.4, -0.2) is 28.4 Å². The third kappa shape index (κ3) is 2.67. The molecule has 1 saturated heterocycles. The highest BCUT2D eigenvalue weighted by Crippen LogP contribution is 2.27. The second kappa shape index (κ2) is 5.76. The zero-order valence-corrected chi connectivity index (χ0v) is 13.6. The van der Waals surface area contributed by atoms with Crippen LogP contribution < -0.4 is 10.6 Å². The summed E-state index contributed by atoms with van der Waals surface area (Å²) in [4.78, 5) is 17.2. The molecule has 1 amide bonds. The smallest absolute Gasteiger partial charge is 0.231 e. The molecule has 24 heavy (non-hydrogen) atoms. The van der Waals surface area contributed by atoms with Gasteiger partial charge in [0, 0.05) is 24.5 Å². The van der Waals surface area contributed by atoms with Gasteiger partial charge in [0.1, 0.15) is 5.65 Å². The molecule has 122 valence electrons. The Morgan fingerprint density at radius 3 is 2.79 bits per heavy atom. The number of nitrogens with zero attached hydrogens (tertiary/aromatic N) is 2. The van der Waals surface area contributed by atoms with E-state index in [1.165, 1.54) is 0 Å². The van der Waals surface area contributed by atoms with Gasteiger partial charge in [-0.1, -0.05) is 30.3 Å². The average Bonchev–Trinajstić information content (AvgIpc) is 3.22. The molecular weight excluding hydrogens is 300 g/mol. The lowest BCUT2D eigenvalue weighted by Gasteiger charge is -2.21. The highest BCUT2D eigenvalue weighted by atomic mass is 16.2. The highest BCUT2D eigenvalue weighted by molar-refractivity contribution is 5.95. The fourth-order valence-corrected chi connectivity index (χ4v) is 3.11. The van der Waals surface area contributed by atoms with Gasteiger partial charge < -0.3 is 15.0 Å². The van der Waals surface area contributed by atoms with Gasteiger partial charge in [-0.25, -0.2) is 4.98 Å². The number of rotatable bonds is 3. The number of hydrogen-bond acceptors (Lipinski definition) is 3. The molecule has 3 heterocycles. The van der Waals surface area contributed by atoms with Crippen molar-refractivity contribution >= 4 is 17.2 Å². The molecule has 5 nitrogen and oxygen atoms in total. The summed E-state index contributed by atoms with van der Waals surface area (Å²) in [5, 5.41) is 6.29. The second-order valence-electron chi connectivity index (χ2n) is 6.62. The molecule has 0 radical (unpaired) electrons. The summed E-state index contributed by atoms with van der Waals surface area (Å²) in [5.74, 6) is 0.0650. The number of benzene rings is 1. The van der Waals surface area contributed by atoms with E-state index in [0.29, 0.717) is 0 Å². The van der Waals surface area contributed by atoms with Gasteiger partial charge in [0.15, 0.2) is 0 Å². The fraction of sp³-hybridized carbons (Fsp3) is 0.263. The minimum Gasteiger partial charge on any atom is -0.324 e. The summed E-state index contributed by atoms with van der Waals surface area (Å²) >= 11 is 0. The number of hydrogen-bond donors (Lipinski definition) is 2. The monoisotopic (exact) mass is 320 g/mol. The van der Waals surface area contributed by atoms with Gasteiger partial charge in [-0.05, 0) is 32.0 Å². The summed E-state index contributed by atoms with van der Waals surface area (Å²) in [6.07, 6.45) is 4.77. The second-order valence-corrected chi connectivity index (χ2v) is 6.62. The molecule has 0 saturated carbocycles. The quantitative estimate of drug-likeness (QED) is 0.780. The van der Waals surface area contributed by atoms with Crippen molar-refractivity contribution in [3.05, 3.63) is 54.9 Å². The van der Waals surface area contributed by atoms with Crippen LogP contribution in [0.3, 0.4) is 0 Å². The van der Waals surface area contributed by atoms with Crippen LogP contribution in [0.5, 0.6) is 0 Å². The Hall–Kier alpha value is -2.66. The topological polar surface area (TPSA) is 58.4 Å². The van der Waals surface area contributed by atoms with Crippen LogP contribution in [0.1, 0.15) is 13.3 Å². The van der Waals surface area contributed by atoms with Gasteiger partial charge in [-0.3, -0.25) is 4.79 Å². The maximum Gasteiger partial charge on any atom is 0.231 e. The first kappa shape index (κ1) is 14.9. The van der Waals surface area contributed by atoms with Gasteiger partial charge in [-0.15, -0.1) is 0 Å². The Morgan fingerprint density at radius 2 is 2.04 bits per heavy atom. The number of carbonyl (C=O) groups is 1. The number of anilines is 1. The van der Waals surface area contributed by atoms with E-state index in [9.17, 15) is 4.79 Å². The first-order valence-corrected chi connectivity index (χ1v) is 8.20. The van der Waals surface area contributed by atoms with E-state index in [2.05, 4.69) is 15.6 Å². The van der Waals surface area contributed by atoms with Crippen molar-refractivity contribution in [2.24, 2.45) is 5.41 Å². The molecule has 4 rings (SSSR count). The van der Waals surface area contributed by atoms with E-state index in [-0.39, 0.29) is 11.3 Å². The van der Waals surface area contributed by atoms with Gasteiger partial charge in [0.2, 0.25) is 5.91 Å². The summed E-state index contributed by atoms with van der Waals surface area (Å²) in [5.41, 5.74) is 3.32. The average molecular weight is 320 g/mol. The van der Waals surface area contributed by atoms with Crippen molar-refractivity contribution in [2.45, 2.75) is 13.3 Å². The largest absolute Gasteiger partial charge is 0.324 e. The Kier molecular flexibility index (Phi) is 3.58. The SMILES string of the molecule is CC1(C(=O)Nc2ccc3nc(-c4ccccc4)cn3c2)CCNC1. The van der Waals surface area contributed by atoms with Crippen molar-refractivity contribution in [2.75, 3.05) is 18.4 Å². The van der Waals surface area contributed by atoms with Crippen molar-refractivity contribution in [1.82, 2.24) is 14.7 Å². The molecule has 1 fully saturated rings. The van der Waals surface area contributed by atoms with Gasteiger partial charge in [0.25, 0.3) is 0 Å². The lowest BCUT2D eigenvalue weighted by atomic mass is 9.89. The van der Waals surface area contributed by atoms with E-state index in [4.69, 9.17) is 0 Å². The zero-order chi connectivity index (χ0) is 16.6. The molecule has 0 aliphatic carbocycles. The predicted octanol–water partition coefficient (Wildman–Crippen LogP) is 2.94. The lowest BCUT2D eigenvalue weighted by molar-refractivity contribution is -0.123. The van der Waals surface area contributed by atoms with Gasteiger partial charge in [-0.2, -0.15) is 0 Å². The third-order valence-corrected chi connectivity index (χ3v) is 4.70. The first-order chi connectivity index (χ1) is 11.6. The van der Waals surface area contributed by atoms with Crippen molar-refractivity contribution in [3.63, 3.8) is 0 Å². The zero-order valence-electron chi connectivity index (χ0n) is 13.6. The molecule has 5 heteroatoms. The third-order valence-electron chi connectivity index (χ3n) is 4.70. The molecule has 1 aromatic carbocycles. The minimum absolute atomic E-state index is 0.0650. The van der Waals surface area contributed by atoms with E-state index >= 15 is 0 Å². The van der Waals surface area contributed by atoms with E-state index in [0.717, 1.165) is 42.1 Å². The molecule has 2 N–H and O–H groups in total. The maximum atomic E-state index is 12.5. The van der Waals surface area contributed by atoms with Crippen LogP contribution in [0, 0.1) is 5.41 Å². The number of imidazole rings is 1. The van der Waals surface area contributed by atoms with Gasteiger partial charge >= 0.3 is 0 Å². The first-order valence-electron chi connectivity index (χ1n) is 8.20. The number of amides is 1. The Bertz CT molecular complexity index is 879. The van der Waals surface area contributed by atoms with Crippen LogP contribution >= 0.6 is 0 Å². The number of fused-ring (bicyclic) bond motifs is 1. The molecule has 2 aromatic heterocycles. The molecular formula is C19H20N4O. The molecule has 3 aromatic rings. The molecule has 1 aliphatic rings. The minimum atomic E-state index is -0.334. The van der Waals surface area contributed by atoms with Crippen LogP contribution in [-0.2, 0) is 4.79 Å². The van der Waals surface area contributed by atoms with Crippen LogP contribution in [0.2, 0.25) is 0 Å². The van der Waals surface area contributed by atoms with E-state index in [1.54, 1.807) is 0 Å². The summed E-state index contributed by atoms with van der Waals surface area (Å²) < 4.78 is 1.95. The summed E-state index contributed by atoms with van der Waals surface area (Å²) in [7, 11) is 0. The van der Waals surface area contributed by atoms with E-state index < -0.39 is 0 Å². The number of carbonyl (C=O) groups excluding carboxylic acids is 1. The summed E-state index contributed by atoms with van der Waals surface area (Å²) in [6, 6.07) is 13.9. The predicted molar refractivity (Wildman–Crippen MR) is 94.9 cm³/mol. The number of pyridine rings is 1. The van der Waals surface area contributed by atoms with Crippen molar-refractivity contribution in [3.8, 4) is 11.3 Å². The molecule has 1 aliphatic heterocycles. The van der Waals surface area contributed by atoms with Crippen LogP contribution in [0.15, 0.2) is 54.9 Å². The molecule has 0 spiro atoms. The Morgan fingerprint density at radius 1 is 1.21 bits per heavy atom.